The van der Waals surface area contributed by atoms with Gasteiger partial charge in [-0.25, -0.2) is 0 Å². The number of nitrogens with zero attached hydrogens (tertiary/aromatic N) is 1. The number of hydrogen-bond donors (Lipinski definition) is 1. The molecule has 0 radical (unpaired) electrons. The van der Waals surface area contributed by atoms with Crippen LogP contribution < -0.4 is 5.73 Å². The molecule has 0 aromatic carbocycles. The zero-order valence-electron chi connectivity index (χ0n) is 12.1. The van der Waals surface area contributed by atoms with Crippen LogP contribution in [0.4, 0.5) is 0 Å². The second-order valence-corrected chi connectivity index (χ2v) is 4.72. The Balaban J connectivity index is 4.71. The molecule has 0 aromatic rings. The first kappa shape index (κ1) is 17.1. The number of carbonyl (C=O) groups is 2. The topological polar surface area (TPSA) is 63.4 Å². The first-order valence-corrected chi connectivity index (χ1v) is 7.16. The molecule has 0 atom stereocenters. The van der Waals surface area contributed by atoms with Gasteiger partial charge in [0.25, 0.3) is 0 Å². The highest BCUT2D eigenvalue weighted by Gasteiger charge is 2.26. The summed E-state index contributed by atoms with van der Waals surface area (Å²) in [7, 11) is 0. The molecular weight excluding hydrogens is 228 g/mol. The second kappa shape index (κ2) is 10.1. The minimum Gasteiger partial charge on any atom is -0.322 e. The predicted molar refractivity (Wildman–Crippen MR) is 74.0 cm³/mol. The van der Waals surface area contributed by atoms with Crippen molar-refractivity contribution in [3.8, 4) is 0 Å². The molecule has 0 aliphatic heterocycles. The smallest absolute Gasteiger partial charge is 0.242 e. The molecule has 0 rings (SSSR count). The Morgan fingerprint density at radius 3 is 2.00 bits per heavy atom. The molecule has 0 spiro atoms. The Morgan fingerprint density at radius 1 is 1.06 bits per heavy atom. The van der Waals surface area contributed by atoms with Crippen molar-refractivity contribution in [1.29, 1.82) is 0 Å². The van der Waals surface area contributed by atoms with Crippen LogP contribution in [-0.2, 0) is 9.59 Å². The maximum absolute atomic E-state index is 12.4. The SMILES string of the molecule is CCCCN(C(=O)CN)C(=O)C(CCC)CCC. The normalized spacial score (nSPS) is 10.7. The summed E-state index contributed by atoms with van der Waals surface area (Å²) in [6.45, 7) is 6.61. The third-order valence-electron chi connectivity index (χ3n) is 3.10. The second-order valence-electron chi connectivity index (χ2n) is 4.72. The molecule has 4 nitrogen and oxygen atoms in total. The number of rotatable bonds is 9. The van der Waals surface area contributed by atoms with E-state index >= 15 is 0 Å². The van der Waals surface area contributed by atoms with Crippen molar-refractivity contribution >= 4 is 11.8 Å². The third-order valence-corrected chi connectivity index (χ3v) is 3.10. The van der Waals surface area contributed by atoms with Crippen LogP contribution in [0.2, 0.25) is 0 Å². The lowest BCUT2D eigenvalue weighted by Crippen LogP contribution is -2.44. The minimum atomic E-state index is -0.245. The Kier molecular flexibility index (Phi) is 9.56. The van der Waals surface area contributed by atoms with Crippen molar-refractivity contribution < 1.29 is 9.59 Å². The van der Waals surface area contributed by atoms with E-state index in [1.54, 1.807) is 0 Å². The average molecular weight is 256 g/mol. The van der Waals surface area contributed by atoms with E-state index < -0.39 is 0 Å². The van der Waals surface area contributed by atoms with Crippen LogP contribution in [0.15, 0.2) is 0 Å². The molecule has 18 heavy (non-hydrogen) atoms. The minimum absolute atomic E-state index is 0.0210. The van der Waals surface area contributed by atoms with Gasteiger partial charge >= 0.3 is 0 Å². The molecule has 0 aromatic heterocycles. The fourth-order valence-electron chi connectivity index (χ4n) is 2.09. The van der Waals surface area contributed by atoms with E-state index in [-0.39, 0.29) is 24.3 Å². The van der Waals surface area contributed by atoms with Crippen molar-refractivity contribution in [2.75, 3.05) is 13.1 Å². The molecular formula is C14H28N2O2. The number of carbonyl (C=O) groups excluding carboxylic acids is 2. The van der Waals surface area contributed by atoms with Crippen LogP contribution in [0.3, 0.4) is 0 Å². The Morgan fingerprint density at radius 2 is 1.61 bits per heavy atom. The molecule has 0 saturated carbocycles. The number of nitrogens with two attached hydrogens (primary N) is 1. The summed E-state index contributed by atoms with van der Waals surface area (Å²) in [4.78, 5) is 25.5. The molecule has 4 heteroatoms. The zero-order valence-corrected chi connectivity index (χ0v) is 12.1. The molecule has 0 aliphatic carbocycles. The van der Waals surface area contributed by atoms with Crippen molar-refractivity contribution in [3.63, 3.8) is 0 Å². The summed E-state index contributed by atoms with van der Waals surface area (Å²) >= 11 is 0. The zero-order chi connectivity index (χ0) is 14.0. The van der Waals surface area contributed by atoms with Gasteiger partial charge in [0.15, 0.2) is 0 Å². The van der Waals surface area contributed by atoms with Gasteiger partial charge in [0.05, 0.1) is 6.54 Å². The van der Waals surface area contributed by atoms with E-state index in [1.165, 1.54) is 4.90 Å². The maximum atomic E-state index is 12.4. The molecule has 0 saturated heterocycles. The average Bonchev–Trinajstić information content (AvgIpc) is 2.38. The lowest BCUT2D eigenvalue weighted by Gasteiger charge is -2.25. The van der Waals surface area contributed by atoms with Gasteiger partial charge in [-0.15, -0.1) is 0 Å². The summed E-state index contributed by atoms with van der Waals surface area (Å²) in [5, 5.41) is 0. The van der Waals surface area contributed by atoms with Crippen LogP contribution in [0.5, 0.6) is 0 Å². The lowest BCUT2D eigenvalue weighted by atomic mass is 9.96. The highest BCUT2D eigenvalue weighted by atomic mass is 16.2. The van der Waals surface area contributed by atoms with E-state index in [0.717, 1.165) is 38.5 Å². The van der Waals surface area contributed by atoms with E-state index in [0.29, 0.717) is 6.54 Å². The number of unbranched alkanes of at least 4 members (excludes halogenated alkanes) is 1. The molecule has 0 heterocycles. The Labute approximate surface area is 111 Å². The standard InChI is InChI=1S/C14H28N2O2/c1-4-7-10-16(13(17)11-15)14(18)12(8-5-2)9-6-3/h12H,4-11,15H2,1-3H3. The van der Waals surface area contributed by atoms with Crippen molar-refractivity contribution in [1.82, 2.24) is 4.90 Å². The van der Waals surface area contributed by atoms with Gasteiger partial charge in [0, 0.05) is 12.5 Å². The molecule has 0 bridgehead atoms. The van der Waals surface area contributed by atoms with Gasteiger partial charge in [-0.2, -0.15) is 0 Å². The van der Waals surface area contributed by atoms with Crippen molar-refractivity contribution in [3.05, 3.63) is 0 Å². The summed E-state index contributed by atoms with van der Waals surface area (Å²) in [6, 6.07) is 0. The first-order chi connectivity index (χ1) is 8.62. The highest BCUT2D eigenvalue weighted by Crippen LogP contribution is 2.17. The maximum Gasteiger partial charge on any atom is 0.242 e. The van der Waals surface area contributed by atoms with Gasteiger partial charge in [0.1, 0.15) is 0 Å². The number of amides is 2. The van der Waals surface area contributed by atoms with Gasteiger partial charge in [0.2, 0.25) is 11.8 Å². The van der Waals surface area contributed by atoms with E-state index in [9.17, 15) is 9.59 Å². The predicted octanol–water partition coefficient (Wildman–Crippen LogP) is 2.32. The van der Waals surface area contributed by atoms with Crippen LogP contribution in [0.1, 0.15) is 59.3 Å². The first-order valence-electron chi connectivity index (χ1n) is 7.16. The summed E-state index contributed by atoms with van der Waals surface area (Å²) in [5.74, 6) is -0.291. The summed E-state index contributed by atoms with van der Waals surface area (Å²) in [6.07, 6.45) is 5.46. The van der Waals surface area contributed by atoms with E-state index in [2.05, 4.69) is 13.8 Å². The van der Waals surface area contributed by atoms with Crippen LogP contribution in [0, 0.1) is 5.92 Å². The fraction of sp³-hybridized carbons (Fsp3) is 0.857. The lowest BCUT2D eigenvalue weighted by molar-refractivity contribution is -0.147. The fourth-order valence-corrected chi connectivity index (χ4v) is 2.09. The van der Waals surface area contributed by atoms with E-state index in [4.69, 9.17) is 5.73 Å². The van der Waals surface area contributed by atoms with Crippen LogP contribution >= 0.6 is 0 Å². The quantitative estimate of drug-likeness (QED) is 0.688. The molecule has 0 aliphatic rings. The molecule has 0 fully saturated rings. The van der Waals surface area contributed by atoms with Gasteiger partial charge in [-0.1, -0.05) is 40.0 Å². The number of hydrogen-bond acceptors (Lipinski definition) is 3. The van der Waals surface area contributed by atoms with Crippen LogP contribution in [0.25, 0.3) is 0 Å². The molecule has 2 amide bonds. The van der Waals surface area contributed by atoms with Gasteiger partial charge in [-0.05, 0) is 19.3 Å². The highest BCUT2D eigenvalue weighted by molar-refractivity contribution is 5.97. The summed E-state index contributed by atoms with van der Waals surface area (Å²) in [5.41, 5.74) is 5.39. The van der Waals surface area contributed by atoms with Gasteiger partial charge < -0.3 is 5.73 Å². The summed E-state index contributed by atoms with van der Waals surface area (Å²) < 4.78 is 0. The molecule has 0 unspecified atom stereocenters. The Hall–Kier alpha value is -0.900. The largest absolute Gasteiger partial charge is 0.322 e. The number of imide groups is 1. The van der Waals surface area contributed by atoms with Gasteiger partial charge in [-0.3, -0.25) is 14.5 Å². The third kappa shape index (κ3) is 5.63. The molecule has 2 N–H and O–H groups in total. The van der Waals surface area contributed by atoms with Crippen LogP contribution in [-0.4, -0.2) is 29.8 Å². The van der Waals surface area contributed by atoms with E-state index in [1.807, 2.05) is 6.92 Å². The van der Waals surface area contributed by atoms with Crippen molar-refractivity contribution in [2.24, 2.45) is 11.7 Å². The Bertz CT molecular complexity index is 248. The monoisotopic (exact) mass is 256 g/mol. The molecule has 106 valence electrons. The van der Waals surface area contributed by atoms with Crippen molar-refractivity contribution in [2.45, 2.75) is 59.3 Å².